The molecule has 1 heterocycles. The van der Waals surface area contributed by atoms with Gasteiger partial charge in [0.05, 0.1) is 4.92 Å². The van der Waals surface area contributed by atoms with Gasteiger partial charge >= 0.3 is 0 Å². The number of carbonyl (C=O) groups is 2. The van der Waals surface area contributed by atoms with Crippen LogP contribution < -0.4 is 10.9 Å². The number of amides is 2. The largest absolute Gasteiger partial charge is 0.350 e. The number of aromatic amines is 1. The summed E-state index contributed by atoms with van der Waals surface area (Å²) in [6.07, 6.45) is 1.35. The van der Waals surface area contributed by atoms with E-state index in [9.17, 15) is 19.7 Å². The van der Waals surface area contributed by atoms with E-state index in [1.54, 1.807) is 32.0 Å². The summed E-state index contributed by atoms with van der Waals surface area (Å²) < 4.78 is 0. The van der Waals surface area contributed by atoms with E-state index in [0.717, 1.165) is 11.1 Å². The van der Waals surface area contributed by atoms with Gasteiger partial charge in [0.2, 0.25) is 0 Å². The molecule has 3 rings (SSSR count). The standard InChI is InChI=1S/C20H18N4O4/c1-12(2)10-17(25)22-23-20(26)19-18(13-6-4-3-5-7-13)15-11-14(24(27)28)8-9-16(15)21-19/h3-11,21H,1-2H3,(H,22,25)(H,23,26). The molecule has 0 fully saturated rings. The number of allylic oxidation sites excluding steroid dienone is 1. The smallest absolute Gasteiger partial charge is 0.286 e. The van der Waals surface area contributed by atoms with Crippen LogP contribution in [0.2, 0.25) is 0 Å². The zero-order valence-electron chi connectivity index (χ0n) is 15.3. The fourth-order valence-electron chi connectivity index (χ4n) is 2.85. The van der Waals surface area contributed by atoms with Crippen LogP contribution in [0.4, 0.5) is 5.69 Å². The average molecular weight is 378 g/mol. The molecule has 0 spiro atoms. The van der Waals surface area contributed by atoms with E-state index < -0.39 is 16.7 Å². The van der Waals surface area contributed by atoms with Crippen molar-refractivity contribution in [2.75, 3.05) is 0 Å². The molecule has 0 aliphatic heterocycles. The molecular weight excluding hydrogens is 360 g/mol. The molecule has 3 aromatic rings. The number of fused-ring (bicyclic) bond motifs is 1. The van der Waals surface area contributed by atoms with Gasteiger partial charge < -0.3 is 4.98 Å². The summed E-state index contributed by atoms with van der Waals surface area (Å²) in [5.41, 5.74) is 7.40. The van der Waals surface area contributed by atoms with Crippen LogP contribution in [0.3, 0.4) is 0 Å². The molecule has 0 aliphatic carbocycles. The summed E-state index contributed by atoms with van der Waals surface area (Å²) >= 11 is 0. The number of hydrazine groups is 1. The molecule has 0 aliphatic rings. The van der Waals surface area contributed by atoms with Gasteiger partial charge in [0.25, 0.3) is 17.5 Å². The maximum atomic E-state index is 12.7. The third-order valence-corrected chi connectivity index (χ3v) is 4.00. The second-order valence-corrected chi connectivity index (χ2v) is 6.39. The van der Waals surface area contributed by atoms with Gasteiger partial charge in [-0.2, -0.15) is 0 Å². The van der Waals surface area contributed by atoms with Crippen molar-refractivity contribution >= 4 is 28.4 Å². The summed E-state index contributed by atoms with van der Waals surface area (Å²) in [5, 5.41) is 11.7. The molecule has 3 N–H and O–H groups in total. The quantitative estimate of drug-likeness (QED) is 0.366. The van der Waals surface area contributed by atoms with Gasteiger partial charge in [-0.3, -0.25) is 30.6 Å². The van der Waals surface area contributed by atoms with E-state index in [1.807, 2.05) is 18.2 Å². The number of aromatic nitrogens is 1. The van der Waals surface area contributed by atoms with E-state index in [-0.39, 0.29) is 11.4 Å². The first-order valence-electron chi connectivity index (χ1n) is 8.47. The molecule has 8 heteroatoms. The van der Waals surface area contributed by atoms with Crippen molar-refractivity contribution in [2.24, 2.45) is 0 Å². The van der Waals surface area contributed by atoms with E-state index in [1.165, 1.54) is 18.2 Å². The number of non-ortho nitro benzene ring substituents is 1. The Morgan fingerprint density at radius 3 is 2.43 bits per heavy atom. The highest BCUT2D eigenvalue weighted by atomic mass is 16.6. The Morgan fingerprint density at radius 2 is 1.79 bits per heavy atom. The molecule has 1 aromatic heterocycles. The van der Waals surface area contributed by atoms with Gasteiger partial charge in [0, 0.05) is 34.7 Å². The molecule has 2 amide bonds. The Balaban J connectivity index is 2.06. The second kappa shape index (κ2) is 7.75. The highest BCUT2D eigenvalue weighted by Gasteiger charge is 2.21. The summed E-state index contributed by atoms with van der Waals surface area (Å²) in [7, 11) is 0. The van der Waals surface area contributed by atoms with E-state index in [2.05, 4.69) is 15.8 Å². The molecule has 0 unspecified atom stereocenters. The Morgan fingerprint density at radius 1 is 1.07 bits per heavy atom. The van der Waals surface area contributed by atoms with Gasteiger partial charge in [-0.25, -0.2) is 0 Å². The van der Waals surface area contributed by atoms with Crippen molar-refractivity contribution in [1.29, 1.82) is 0 Å². The number of rotatable bonds is 4. The predicted octanol–water partition coefficient (Wildman–Crippen LogP) is 3.47. The lowest BCUT2D eigenvalue weighted by molar-refractivity contribution is -0.384. The number of hydrogen-bond acceptors (Lipinski definition) is 4. The minimum atomic E-state index is -0.562. The Kier molecular flexibility index (Phi) is 5.21. The third kappa shape index (κ3) is 3.90. The Hall–Kier alpha value is -3.94. The molecule has 0 radical (unpaired) electrons. The third-order valence-electron chi connectivity index (χ3n) is 4.00. The van der Waals surface area contributed by atoms with E-state index in [4.69, 9.17) is 0 Å². The van der Waals surface area contributed by atoms with Crippen molar-refractivity contribution in [3.05, 3.63) is 76.0 Å². The fraction of sp³-hybridized carbons (Fsp3) is 0.100. The summed E-state index contributed by atoms with van der Waals surface area (Å²) in [4.78, 5) is 38.1. The van der Waals surface area contributed by atoms with Crippen LogP contribution in [0.15, 0.2) is 60.2 Å². The molecule has 0 saturated heterocycles. The maximum Gasteiger partial charge on any atom is 0.286 e. The second-order valence-electron chi connectivity index (χ2n) is 6.39. The topological polar surface area (TPSA) is 117 Å². The average Bonchev–Trinajstić information content (AvgIpc) is 3.05. The van der Waals surface area contributed by atoms with Gasteiger partial charge in [-0.1, -0.05) is 35.9 Å². The van der Waals surface area contributed by atoms with Crippen molar-refractivity contribution in [3.63, 3.8) is 0 Å². The molecular formula is C20H18N4O4. The Labute approximate surface area is 160 Å². The first-order chi connectivity index (χ1) is 13.4. The molecule has 2 aromatic carbocycles. The minimum absolute atomic E-state index is 0.0764. The number of nitrogens with zero attached hydrogens (tertiary/aromatic N) is 1. The SMILES string of the molecule is CC(C)=CC(=O)NNC(=O)c1[nH]c2ccc([N+](=O)[O-])cc2c1-c1ccccc1. The first kappa shape index (κ1) is 18.8. The van der Waals surface area contributed by atoms with E-state index in [0.29, 0.717) is 16.5 Å². The monoisotopic (exact) mass is 378 g/mol. The lowest BCUT2D eigenvalue weighted by Gasteiger charge is -2.07. The molecule has 0 atom stereocenters. The van der Waals surface area contributed by atoms with Gasteiger partial charge in [-0.05, 0) is 25.5 Å². The number of benzene rings is 2. The minimum Gasteiger partial charge on any atom is -0.350 e. The lowest BCUT2D eigenvalue weighted by atomic mass is 10.0. The number of H-pyrrole nitrogens is 1. The zero-order valence-corrected chi connectivity index (χ0v) is 15.3. The van der Waals surface area contributed by atoms with Crippen LogP contribution in [0, 0.1) is 10.1 Å². The van der Waals surface area contributed by atoms with Crippen LogP contribution in [0.5, 0.6) is 0 Å². The van der Waals surface area contributed by atoms with Crippen LogP contribution in [0.1, 0.15) is 24.3 Å². The first-order valence-corrected chi connectivity index (χ1v) is 8.47. The van der Waals surface area contributed by atoms with Crippen LogP contribution in [-0.4, -0.2) is 21.7 Å². The number of nitro groups is 1. The molecule has 0 bridgehead atoms. The van der Waals surface area contributed by atoms with Crippen molar-refractivity contribution in [3.8, 4) is 11.1 Å². The molecule has 142 valence electrons. The summed E-state index contributed by atoms with van der Waals surface area (Å²) in [5.74, 6) is -1.02. The van der Waals surface area contributed by atoms with Crippen LogP contribution in [0.25, 0.3) is 22.0 Å². The normalized spacial score (nSPS) is 10.4. The summed E-state index contributed by atoms with van der Waals surface area (Å²) in [6, 6.07) is 13.4. The van der Waals surface area contributed by atoms with Crippen molar-refractivity contribution in [1.82, 2.24) is 15.8 Å². The molecule has 0 saturated carbocycles. The maximum absolute atomic E-state index is 12.7. The Bertz CT molecular complexity index is 1100. The van der Waals surface area contributed by atoms with E-state index >= 15 is 0 Å². The van der Waals surface area contributed by atoms with Crippen molar-refractivity contribution < 1.29 is 14.5 Å². The van der Waals surface area contributed by atoms with Gasteiger partial charge in [0.15, 0.2) is 0 Å². The van der Waals surface area contributed by atoms with Crippen molar-refractivity contribution in [2.45, 2.75) is 13.8 Å². The number of nitrogens with one attached hydrogen (secondary N) is 3. The van der Waals surface area contributed by atoms with Crippen LogP contribution in [-0.2, 0) is 4.79 Å². The number of carbonyl (C=O) groups excluding carboxylic acids is 2. The highest BCUT2D eigenvalue weighted by molar-refractivity contribution is 6.10. The fourth-order valence-corrected chi connectivity index (χ4v) is 2.85. The molecule has 8 nitrogen and oxygen atoms in total. The molecule has 28 heavy (non-hydrogen) atoms. The number of nitro benzene ring substituents is 1. The number of hydrogen-bond donors (Lipinski definition) is 3. The predicted molar refractivity (Wildman–Crippen MR) is 105 cm³/mol. The summed E-state index contributed by atoms with van der Waals surface area (Å²) in [6.45, 7) is 3.53. The lowest BCUT2D eigenvalue weighted by Crippen LogP contribution is -2.41. The van der Waals surface area contributed by atoms with Gasteiger partial charge in [-0.15, -0.1) is 0 Å². The highest BCUT2D eigenvalue weighted by Crippen LogP contribution is 2.34. The zero-order chi connectivity index (χ0) is 20.3. The van der Waals surface area contributed by atoms with Gasteiger partial charge in [0.1, 0.15) is 5.69 Å². The van der Waals surface area contributed by atoms with Crippen LogP contribution >= 0.6 is 0 Å².